The van der Waals surface area contributed by atoms with Gasteiger partial charge in [0.2, 0.25) is 0 Å². The summed E-state index contributed by atoms with van der Waals surface area (Å²) in [6.45, 7) is 11.8. The third-order valence-corrected chi connectivity index (χ3v) is 5.69. The standard InChI is InChI=1S/C19H32BNO2/c1-8-19(14-15-21(6)7,16-12-10-9-11-13-16)20-22-17(2,3)18(4,5)23-20/h9-13H,8,14-15H2,1-7H3. The minimum absolute atomic E-state index is 0.128. The molecule has 23 heavy (non-hydrogen) atoms. The van der Waals surface area contributed by atoms with Gasteiger partial charge < -0.3 is 14.2 Å². The average molecular weight is 317 g/mol. The summed E-state index contributed by atoms with van der Waals surface area (Å²) in [5.41, 5.74) is 0.707. The number of hydrogen-bond acceptors (Lipinski definition) is 3. The van der Waals surface area contributed by atoms with Crippen molar-refractivity contribution in [2.24, 2.45) is 0 Å². The van der Waals surface area contributed by atoms with Gasteiger partial charge >= 0.3 is 7.12 Å². The molecular formula is C19H32BNO2. The largest absolute Gasteiger partial charge is 0.469 e. The van der Waals surface area contributed by atoms with Crippen LogP contribution in [0.3, 0.4) is 0 Å². The van der Waals surface area contributed by atoms with Crippen molar-refractivity contribution in [2.75, 3.05) is 20.6 Å². The molecule has 0 N–H and O–H groups in total. The van der Waals surface area contributed by atoms with E-state index < -0.39 is 0 Å². The Morgan fingerprint density at radius 2 is 1.52 bits per heavy atom. The molecule has 1 unspecified atom stereocenters. The van der Waals surface area contributed by atoms with E-state index in [2.05, 4.69) is 83.9 Å². The predicted octanol–water partition coefficient (Wildman–Crippen LogP) is 3.92. The maximum atomic E-state index is 6.47. The predicted molar refractivity (Wildman–Crippen MR) is 97.7 cm³/mol. The lowest BCUT2D eigenvalue weighted by Gasteiger charge is -2.36. The first-order valence-corrected chi connectivity index (χ1v) is 8.70. The lowest BCUT2D eigenvalue weighted by Crippen LogP contribution is -2.47. The van der Waals surface area contributed by atoms with Crippen LogP contribution >= 0.6 is 0 Å². The molecule has 2 rings (SSSR count). The summed E-state index contributed by atoms with van der Waals surface area (Å²) >= 11 is 0. The normalized spacial score (nSPS) is 22.3. The highest BCUT2D eigenvalue weighted by atomic mass is 16.7. The first-order chi connectivity index (χ1) is 10.6. The van der Waals surface area contributed by atoms with E-state index in [1.165, 1.54) is 5.56 Å². The molecule has 1 aliphatic rings. The van der Waals surface area contributed by atoms with Crippen LogP contribution in [0, 0.1) is 0 Å². The fourth-order valence-electron chi connectivity index (χ4n) is 3.21. The number of nitrogens with zero attached hydrogens (tertiary/aromatic N) is 1. The molecule has 1 fully saturated rings. The number of rotatable bonds is 6. The quantitative estimate of drug-likeness (QED) is 0.742. The van der Waals surface area contributed by atoms with E-state index in [1.54, 1.807) is 0 Å². The van der Waals surface area contributed by atoms with Crippen molar-refractivity contribution in [1.82, 2.24) is 4.90 Å². The minimum Gasteiger partial charge on any atom is -0.403 e. The van der Waals surface area contributed by atoms with Gasteiger partial charge in [-0.15, -0.1) is 0 Å². The first kappa shape index (κ1) is 18.5. The van der Waals surface area contributed by atoms with E-state index in [1.807, 2.05) is 0 Å². The summed E-state index contributed by atoms with van der Waals surface area (Å²) in [4.78, 5) is 2.23. The lowest BCUT2D eigenvalue weighted by atomic mass is 9.51. The summed E-state index contributed by atoms with van der Waals surface area (Å²) in [6.07, 6.45) is 2.00. The third kappa shape index (κ3) is 3.49. The van der Waals surface area contributed by atoms with E-state index in [0.717, 1.165) is 19.4 Å². The number of benzene rings is 1. The van der Waals surface area contributed by atoms with Gasteiger partial charge in [-0.1, -0.05) is 37.3 Å². The van der Waals surface area contributed by atoms with Crippen LogP contribution in [0.4, 0.5) is 0 Å². The van der Waals surface area contributed by atoms with Crippen LogP contribution in [-0.2, 0) is 14.6 Å². The molecular weight excluding hydrogens is 285 g/mol. The highest BCUT2D eigenvalue weighted by Gasteiger charge is 2.59. The lowest BCUT2D eigenvalue weighted by molar-refractivity contribution is 0.00578. The maximum Gasteiger partial charge on any atom is 0.469 e. The monoisotopic (exact) mass is 317 g/mol. The van der Waals surface area contributed by atoms with Crippen LogP contribution in [-0.4, -0.2) is 43.9 Å². The molecule has 0 aliphatic carbocycles. The Balaban J connectivity index is 2.42. The van der Waals surface area contributed by atoms with Gasteiger partial charge in [-0.25, -0.2) is 0 Å². The third-order valence-electron chi connectivity index (χ3n) is 5.69. The average Bonchev–Trinajstić information content (AvgIpc) is 2.70. The number of hydrogen-bond donors (Lipinski definition) is 0. The van der Waals surface area contributed by atoms with Crippen LogP contribution in [0.1, 0.15) is 53.0 Å². The molecule has 1 atom stereocenters. The Kier molecular flexibility index (Phi) is 5.29. The summed E-state index contributed by atoms with van der Waals surface area (Å²) in [6, 6.07) is 10.7. The van der Waals surface area contributed by atoms with Gasteiger partial charge in [-0.05, 0) is 66.7 Å². The van der Waals surface area contributed by atoms with Gasteiger partial charge in [0.05, 0.1) is 11.2 Å². The van der Waals surface area contributed by atoms with Crippen molar-refractivity contribution in [2.45, 2.75) is 64.0 Å². The van der Waals surface area contributed by atoms with E-state index >= 15 is 0 Å². The summed E-state index contributed by atoms with van der Waals surface area (Å²) in [5, 5.41) is -0.128. The van der Waals surface area contributed by atoms with E-state index in [-0.39, 0.29) is 23.6 Å². The SMILES string of the molecule is CCC(CCN(C)C)(B1OC(C)(C)C(C)(C)O1)c1ccccc1. The fourth-order valence-corrected chi connectivity index (χ4v) is 3.21. The van der Waals surface area contributed by atoms with Crippen LogP contribution in [0.25, 0.3) is 0 Å². The smallest absolute Gasteiger partial charge is 0.403 e. The summed E-state index contributed by atoms with van der Waals surface area (Å²) in [7, 11) is 4.02. The molecule has 4 heteroatoms. The molecule has 3 nitrogen and oxygen atoms in total. The highest BCUT2D eigenvalue weighted by Crippen LogP contribution is 2.46. The van der Waals surface area contributed by atoms with Crippen molar-refractivity contribution in [3.63, 3.8) is 0 Å². The van der Waals surface area contributed by atoms with E-state index in [9.17, 15) is 0 Å². The zero-order chi connectivity index (χ0) is 17.3. The molecule has 1 aromatic rings. The minimum atomic E-state index is -0.301. The highest BCUT2D eigenvalue weighted by molar-refractivity contribution is 6.49. The Labute approximate surface area is 142 Å². The van der Waals surface area contributed by atoms with Gasteiger partial charge in [0.25, 0.3) is 0 Å². The van der Waals surface area contributed by atoms with Gasteiger partial charge in [0, 0.05) is 5.31 Å². The zero-order valence-corrected chi connectivity index (χ0v) is 15.8. The van der Waals surface area contributed by atoms with Crippen LogP contribution in [0.5, 0.6) is 0 Å². The Bertz CT molecular complexity index is 499. The first-order valence-electron chi connectivity index (χ1n) is 8.70. The molecule has 0 bridgehead atoms. The molecule has 0 radical (unpaired) electrons. The van der Waals surface area contributed by atoms with Gasteiger partial charge in [-0.3, -0.25) is 0 Å². The molecule has 0 aromatic heterocycles. The molecule has 0 spiro atoms. The second kappa shape index (κ2) is 6.58. The van der Waals surface area contributed by atoms with Gasteiger partial charge in [0.1, 0.15) is 0 Å². The molecule has 0 saturated carbocycles. The zero-order valence-electron chi connectivity index (χ0n) is 15.8. The Hall–Kier alpha value is -0.835. The van der Waals surface area contributed by atoms with E-state index in [0.29, 0.717) is 0 Å². The summed E-state index contributed by atoms with van der Waals surface area (Å²) < 4.78 is 12.9. The molecule has 1 aromatic carbocycles. The Morgan fingerprint density at radius 1 is 1.00 bits per heavy atom. The van der Waals surface area contributed by atoms with Crippen LogP contribution < -0.4 is 0 Å². The van der Waals surface area contributed by atoms with Crippen LogP contribution in [0.15, 0.2) is 30.3 Å². The van der Waals surface area contributed by atoms with Crippen molar-refractivity contribution >= 4 is 7.12 Å². The molecule has 1 saturated heterocycles. The Morgan fingerprint density at radius 3 is 1.96 bits per heavy atom. The second-order valence-electron chi connectivity index (χ2n) is 8.02. The van der Waals surface area contributed by atoms with Crippen molar-refractivity contribution in [1.29, 1.82) is 0 Å². The van der Waals surface area contributed by atoms with Gasteiger partial charge in [0.15, 0.2) is 0 Å². The van der Waals surface area contributed by atoms with Crippen molar-refractivity contribution in [3.05, 3.63) is 35.9 Å². The fraction of sp³-hybridized carbons (Fsp3) is 0.684. The summed E-state index contributed by atoms with van der Waals surface area (Å²) in [5.74, 6) is 0. The van der Waals surface area contributed by atoms with E-state index in [4.69, 9.17) is 9.31 Å². The molecule has 128 valence electrons. The molecule has 1 heterocycles. The molecule has 1 aliphatic heterocycles. The van der Waals surface area contributed by atoms with Crippen molar-refractivity contribution < 1.29 is 9.31 Å². The maximum absolute atomic E-state index is 6.47. The second-order valence-corrected chi connectivity index (χ2v) is 8.02. The molecule has 0 amide bonds. The van der Waals surface area contributed by atoms with Crippen molar-refractivity contribution in [3.8, 4) is 0 Å². The topological polar surface area (TPSA) is 21.7 Å². The van der Waals surface area contributed by atoms with Gasteiger partial charge in [-0.2, -0.15) is 0 Å². The van der Waals surface area contributed by atoms with Crippen LogP contribution in [0.2, 0.25) is 0 Å².